The maximum Gasteiger partial charge on any atom is 0.330 e. The summed E-state index contributed by atoms with van der Waals surface area (Å²) in [4.78, 5) is 11.1. The van der Waals surface area contributed by atoms with E-state index in [9.17, 15) is 4.79 Å². The molecule has 1 aromatic carbocycles. The highest BCUT2D eigenvalue weighted by Gasteiger charge is 2.12. The smallest absolute Gasteiger partial charge is 0.330 e. The van der Waals surface area contributed by atoms with E-state index >= 15 is 0 Å². The largest absolute Gasteiger partial charge is 0.488 e. The number of carbonyl (C=O) groups excluding carboxylic acids is 1. The van der Waals surface area contributed by atoms with Gasteiger partial charge in [-0.05, 0) is 44.1 Å². The Morgan fingerprint density at radius 3 is 2.78 bits per heavy atom. The summed E-state index contributed by atoms with van der Waals surface area (Å²) in [5.41, 5.74) is 4.64. The van der Waals surface area contributed by atoms with Crippen molar-refractivity contribution in [3.8, 4) is 5.75 Å². The Labute approximate surface area is 137 Å². The molecule has 0 atom stereocenters. The molecule has 0 bridgehead atoms. The van der Waals surface area contributed by atoms with Gasteiger partial charge in [-0.1, -0.05) is 42.0 Å². The molecule has 0 aliphatic carbocycles. The number of ether oxygens (including phenoxy) is 2. The van der Waals surface area contributed by atoms with Crippen LogP contribution in [0.2, 0.25) is 0 Å². The van der Waals surface area contributed by atoms with Crippen molar-refractivity contribution < 1.29 is 14.3 Å². The topological polar surface area (TPSA) is 35.5 Å². The predicted molar refractivity (Wildman–Crippen MR) is 93.4 cm³/mol. The summed E-state index contributed by atoms with van der Waals surface area (Å²) in [6.45, 7) is 6.90. The molecule has 0 fully saturated rings. The first-order valence-electron chi connectivity index (χ1n) is 7.73. The SMILES string of the molecule is CCOC(=O)/C=C/C=C/C=C/C1=Cc2cc(C)cc(C)c2OC1. The Morgan fingerprint density at radius 2 is 2.00 bits per heavy atom. The molecule has 1 aliphatic heterocycles. The molecule has 0 amide bonds. The molecular formula is C20H22O3. The van der Waals surface area contributed by atoms with Gasteiger partial charge in [0.25, 0.3) is 0 Å². The van der Waals surface area contributed by atoms with Gasteiger partial charge in [0.1, 0.15) is 12.4 Å². The van der Waals surface area contributed by atoms with E-state index in [1.807, 2.05) is 18.2 Å². The Hall–Kier alpha value is -2.55. The summed E-state index contributed by atoms with van der Waals surface area (Å²) < 4.78 is 10.6. The zero-order valence-corrected chi connectivity index (χ0v) is 13.8. The van der Waals surface area contributed by atoms with Crippen LogP contribution in [0.5, 0.6) is 5.75 Å². The van der Waals surface area contributed by atoms with Gasteiger partial charge in [0.05, 0.1) is 6.61 Å². The first-order valence-corrected chi connectivity index (χ1v) is 7.73. The van der Waals surface area contributed by atoms with Crippen molar-refractivity contribution in [1.29, 1.82) is 0 Å². The molecule has 3 nitrogen and oxygen atoms in total. The third kappa shape index (κ3) is 4.99. The van der Waals surface area contributed by atoms with Crippen LogP contribution in [0.15, 0.2) is 54.2 Å². The van der Waals surface area contributed by atoms with Crippen LogP contribution in [0.3, 0.4) is 0 Å². The number of esters is 1. The second-order valence-corrected chi connectivity index (χ2v) is 5.36. The van der Waals surface area contributed by atoms with Gasteiger partial charge in [0, 0.05) is 11.6 Å². The van der Waals surface area contributed by atoms with Crippen LogP contribution in [0.25, 0.3) is 6.08 Å². The van der Waals surface area contributed by atoms with Crippen LogP contribution < -0.4 is 4.74 Å². The molecule has 0 N–H and O–H groups in total. The number of rotatable bonds is 5. The summed E-state index contributed by atoms with van der Waals surface area (Å²) in [6, 6.07) is 4.26. The molecule has 1 aromatic rings. The van der Waals surface area contributed by atoms with Crippen molar-refractivity contribution in [2.24, 2.45) is 0 Å². The van der Waals surface area contributed by atoms with E-state index in [0.29, 0.717) is 13.2 Å². The fourth-order valence-electron chi connectivity index (χ4n) is 2.42. The monoisotopic (exact) mass is 310 g/mol. The van der Waals surface area contributed by atoms with Crippen LogP contribution in [-0.4, -0.2) is 19.2 Å². The lowest BCUT2D eigenvalue weighted by atomic mass is 10.0. The lowest BCUT2D eigenvalue weighted by Crippen LogP contribution is -2.07. The third-order valence-electron chi connectivity index (χ3n) is 3.33. The highest BCUT2D eigenvalue weighted by Crippen LogP contribution is 2.31. The quantitative estimate of drug-likeness (QED) is 0.462. The minimum atomic E-state index is -0.327. The maximum absolute atomic E-state index is 11.1. The Bertz CT molecular complexity index is 691. The molecule has 2 rings (SSSR count). The van der Waals surface area contributed by atoms with Crippen molar-refractivity contribution in [1.82, 2.24) is 0 Å². The van der Waals surface area contributed by atoms with E-state index < -0.39 is 0 Å². The second kappa shape index (κ2) is 8.18. The summed E-state index contributed by atoms with van der Waals surface area (Å²) in [5, 5.41) is 0. The fraction of sp³-hybridized carbons (Fsp3) is 0.250. The summed E-state index contributed by atoms with van der Waals surface area (Å²) in [5.74, 6) is 0.646. The first kappa shape index (κ1) is 16.8. The Morgan fingerprint density at radius 1 is 1.22 bits per heavy atom. The lowest BCUT2D eigenvalue weighted by Gasteiger charge is -2.18. The van der Waals surface area contributed by atoms with Crippen LogP contribution in [0, 0.1) is 13.8 Å². The van der Waals surface area contributed by atoms with Crippen molar-refractivity contribution in [3.05, 3.63) is 70.9 Å². The number of hydrogen-bond donors (Lipinski definition) is 0. The van der Waals surface area contributed by atoms with E-state index in [1.165, 1.54) is 17.2 Å². The number of hydrogen-bond acceptors (Lipinski definition) is 3. The zero-order chi connectivity index (χ0) is 16.7. The van der Waals surface area contributed by atoms with E-state index in [4.69, 9.17) is 9.47 Å². The molecule has 120 valence electrons. The van der Waals surface area contributed by atoms with Gasteiger partial charge in [-0.2, -0.15) is 0 Å². The molecule has 0 spiro atoms. The lowest BCUT2D eigenvalue weighted by molar-refractivity contribution is -0.137. The highest BCUT2D eigenvalue weighted by molar-refractivity contribution is 5.82. The van der Waals surface area contributed by atoms with Crippen molar-refractivity contribution in [3.63, 3.8) is 0 Å². The van der Waals surface area contributed by atoms with Gasteiger partial charge < -0.3 is 9.47 Å². The standard InChI is InChI=1S/C20H22O3/c1-4-22-19(21)10-8-6-5-7-9-17-13-18-12-15(2)11-16(3)20(18)23-14-17/h5-13H,4,14H2,1-3H3/b6-5+,9-7+,10-8+. The molecule has 3 heteroatoms. The number of carbonyl (C=O) groups is 1. The molecule has 0 saturated carbocycles. The van der Waals surface area contributed by atoms with E-state index in [0.717, 1.165) is 16.9 Å². The van der Waals surface area contributed by atoms with Crippen molar-refractivity contribution in [2.75, 3.05) is 13.2 Å². The van der Waals surface area contributed by atoms with Crippen LogP contribution >= 0.6 is 0 Å². The minimum absolute atomic E-state index is 0.327. The van der Waals surface area contributed by atoms with Gasteiger partial charge >= 0.3 is 5.97 Å². The highest BCUT2D eigenvalue weighted by atomic mass is 16.5. The third-order valence-corrected chi connectivity index (χ3v) is 3.33. The molecule has 0 radical (unpaired) electrons. The number of benzene rings is 1. The summed E-state index contributed by atoms with van der Waals surface area (Å²) >= 11 is 0. The zero-order valence-electron chi connectivity index (χ0n) is 13.8. The van der Waals surface area contributed by atoms with Crippen LogP contribution in [0.1, 0.15) is 23.6 Å². The van der Waals surface area contributed by atoms with Crippen molar-refractivity contribution in [2.45, 2.75) is 20.8 Å². The average molecular weight is 310 g/mol. The van der Waals surface area contributed by atoms with Gasteiger partial charge in [0.2, 0.25) is 0 Å². The van der Waals surface area contributed by atoms with E-state index in [2.05, 4.69) is 32.1 Å². The summed E-state index contributed by atoms with van der Waals surface area (Å²) in [6.07, 6.45) is 12.8. The molecule has 1 heterocycles. The molecule has 23 heavy (non-hydrogen) atoms. The van der Waals surface area contributed by atoms with Crippen molar-refractivity contribution >= 4 is 12.0 Å². The molecule has 1 aliphatic rings. The average Bonchev–Trinajstić information content (AvgIpc) is 2.50. The Kier molecular flexibility index (Phi) is 5.98. The molecular weight excluding hydrogens is 288 g/mol. The van der Waals surface area contributed by atoms with Gasteiger partial charge in [-0.3, -0.25) is 0 Å². The van der Waals surface area contributed by atoms with E-state index in [-0.39, 0.29) is 5.97 Å². The van der Waals surface area contributed by atoms with Gasteiger partial charge in [-0.25, -0.2) is 4.79 Å². The predicted octanol–water partition coefficient (Wildman–Crippen LogP) is 4.31. The van der Waals surface area contributed by atoms with Gasteiger partial charge in [-0.15, -0.1) is 0 Å². The minimum Gasteiger partial charge on any atom is -0.488 e. The maximum atomic E-state index is 11.1. The number of allylic oxidation sites excluding steroid dienone is 4. The number of aryl methyl sites for hydroxylation is 2. The molecule has 0 unspecified atom stereocenters. The normalized spacial score (nSPS) is 14.1. The Balaban J connectivity index is 1.98. The first-order chi connectivity index (χ1) is 11.1. The molecule has 0 saturated heterocycles. The number of fused-ring (bicyclic) bond motifs is 1. The van der Waals surface area contributed by atoms with E-state index in [1.54, 1.807) is 19.1 Å². The van der Waals surface area contributed by atoms with Gasteiger partial charge in [0.15, 0.2) is 0 Å². The second-order valence-electron chi connectivity index (χ2n) is 5.36. The van der Waals surface area contributed by atoms with Crippen LogP contribution in [0.4, 0.5) is 0 Å². The summed E-state index contributed by atoms with van der Waals surface area (Å²) in [7, 11) is 0. The van der Waals surface area contributed by atoms with Crippen LogP contribution in [-0.2, 0) is 9.53 Å². The fourth-order valence-corrected chi connectivity index (χ4v) is 2.42. The molecule has 0 aromatic heterocycles.